The van der Waals surface area contributed by atoms with Gasteiger partial charge >= 0.3 is 0 Å². The van der Waals surface area contributed by atoms with Gasteiger partial charge in [-0.15, -0.1) is 10.2 Å². The Morgan fingerprint density at radius 3 is 2.81 bits per heavy atom. The average molecular weight is 404 g/mol. The van der Waals surface area contributed by atoms with Gasteiger partial charge in [-0.3, -0.25) is 4.79 Å². The summed E-state index contributed by atoms with van der Waals surface area (Å²) in [5.74, 6) is 1.28. The predicted molar refractivity (Wildman–Crippen MR) is 105 cm³/mol. The lowest BCUT2D eigenvalue weighted by atomic mass is 10.2. The Labute approximate surface area is 166 Å². The summed E-state index contributed by atoms with van der Waals surface area (Å²) in [6.45, 7) is 0.459. The van der Waals surface area contributed by atoms with Gasteiger partial charge in [0.1, 0.15) is 5.75 Å². The molecule has 0 aliphatic carbocycles. The van der Waals surface area contributed by atoms with Crippen LogP contribution in [-0.4, -0.2) is 40.9 Å². The zero-order valence-electron chi connectivity index (χ0n) is 14.9. The van der Waals surface area contributed by atoms with Crippen molar-refractivity contribution >= 4 is 29.3 Å². The van der Waals surface area contributed by atoms with Crippen LogP contribution in [-0.2, 0) is 11.3 Å². The third-order valence-electron chi connectivity index (χ3n) is 3.82. The maximum absolute atomic E-state index is 12.4. The molecule has 3 aromatic rings. The van der Waals surface area contributed by atoms with Gasteiger partial charge in [0.25, 0.3) is 5.22 Å². The molecule has 0 aliphatic heterocycles. The number of benzene rings is 2. The number of hydrogen-bond donors (Lipinski definition) is 0. The molecule has 0 unspecified atom stereocenters. The molecule has 0 atom stereocenters. The van der Waals surface area contributed by atoms with Crippen LogP contribution in [0.1, 0.15) is 5.56 Å². The monoisotopic (exact) mass is 403 g/mol. The molecule has 1 aromatic heterocycles. The number of amides is 1. The molecular formula is C19H18ClN3O3S. The Morgan fingerprint density at radius 1 is 1.22 bits per heavy atom. The summed E-state index contributed by atoms with van der Waals surface area (Å²) in [5.41, 5.74) is 1.68. The predicted octanol–water partition coefficient (Wildman–Crippen LogP) is 4.15. The van der Waals surface area contributed by atoms with Gasteiger partial charge in [0, 0.05) is 29.7 Å². The van der Waals surface area contributed by atoms with E-state index < -0.39 is 0 Å². The molecule has 0 saturated heterocycles. The molecule has 140 valence electrons. The van der Waals surface area contributed by atoms with Crippen LogP contribution in [0.2, 0.25) is 5.02 Å². The van der Waals surface area contributed by atoms with Gasteiger partial charge in [-0.2, -0.15) is 0 Å². The van der Waals surface area contributed by atoms with Crippen molar-refractivity contribution in [1.82, 2.24) is 15.1 Å². The van der Waals surface area contributed by atoms with E-state index in [9.17, 15) is 4.79 Å². The molecule has 0 saturated carbocycles. The molecule has 1 heterocycles. The minimum absolute atomic E-state index is 0.0478. The van der Waals surface area contributed by atoms with Crippen LogP contribution < -0.4 is 4.74 Å². The molecule has 0 spiro atoms. The number of thioether (sulfide) groups is 1. The van der Waals surface area contributed by atoms with Gasteiger partial charge in [0.15, 0.2) is 0 Å². The maximum Gasteiger partial charge on any atom is 0.277 e. The first kappa shape index (κ1) is 19.3. The van der Waals surface area contributed by atoms with Gasteiger partial charge in [-0.05, 0) is 24.3 Å². The lowest BCUT2D eigenvalue weighted by Gasteiger charge is -2.18. The summed E-state index contributed by atoms with van der Waals surface area (Å²) in [6, 6.07) is 14.8. The normalized spacial score (nSPS) is 10.6. The second-order valence-corrected chi connectivity index (χ2v) is 7.10. The van der Waals surface area contributed by atoms with E-state index in [4.69, 9.17) is 20.8 Å². The molecule has 0 bridgehead atoms. The first-order valence-corrected chi connectivity index (χ1v) is 9.51. The number of carbonyl (C=O) groups excluding carboxylic acids is 1. The van der Waals surface area contributed by atoms with Crippen molar-refractivity contribution in [2.24, 2.45) is 0 Å². The van der Waals surface area contributed by atoms with E-state index in [1.807, 2.05) is 36.4 Å². The first-order chi connectivity index (χ1) is 13.1. The minimum Gasteiger partial charge on any atom is -0.496 e. The molecule has 1 amide bonds. The number of hydrogen-bond acceptors (Lipinski definition) is 6. The van der Waals surface area contributed by atoms with Crippen LogP contribution in [0.3, 0.4) is 0 Å². The number of halogens is 1. The number of ether oxygens (including phenoxy) is 1. The Morgan fingerprint density at radius 2 is 2.04 bits per heavy atom. The van der Waals surface area contributed by atoms with Crippen LogP contribution in [0.15, 0.2) is 58.2 Å². The third kappa shape index (κ3) is 5.02. The first-order valence-electron chi connectivity index (χ1n) is 8.15. The van der Waals surface area contributed by atoms with Gasteiger partial charge in [-0.25, -0.2) is 0 Å². The average Bonchev–Trinajstić information content (AvgIpc) is 3.15. The Kier molecular flexibility index (Phi) is 6.36. The quantitative estimate of drug-likeness (QED) is 0.552. The summed E-state index contributed by atoms with van der Waals surface area (Å²) < 4.78 is 10.9. The molecule has 3 rings (SSSR count). The fraction of sp³-hybridized carbons (Fsp3) is 0.211. The zero-order valence-corrected chi connectivity index (χ0v) is 16.5. The number of aromatic nitrogens is 2. The fourth-order valence-electron chi connectivity index (χ4n) is 2.42. The topological polar surface area (TPSA) is 68.5 Å². The van der Waals surface area contributed by atoms with Crippen molar-refractivity contribution in [3.05, 3.63) is 59.1 Å². The van der Waals surface area contributed by atoms with E-state index >= 15 is 0 Å². The molecule has 0 fully saturated rings. The van der Waals surface area contributed by atoms with Crippen molar-refractivity contribution in [3.8, 4) is 17.2 Å². The van der Waals surface area contributed by atoms with Gasteiger partial charge in [0.05, 0.1) is 12.9 Å². The van der Waals surface area contributed by atoms with E-state index in [0.717, 1.165) is 16.9 Å². The van der Waals surface area contributed by atoms with E-state index in [2.05, 4.69) is 10.2 Å². The maximum atomic E-state index is 12.4. The second kappa shape index (κ2) is 8.92. The third-order valence-corrected chi connectivity index (χ3v) is 4.86. The fourth-order valence-corrected chi connectivity index (χ4v) is 3.31. The Hall–Kier alpha value is -2.51. The summed E-state index contributed by atoms with van der Waals surface area (Å²) in [5, 5.41) is 8.91. The lowest BCUT2D eigenvalue weighted by molar-refractivity contribution is -0.127. The van der Waals surface area contributed by atoms with Crippen molar-refractivity contribution in [3.63, 3.8) is 0 Å². The number of carbonyl (C=O) groups is 1. The molecule has 2 aromatic carbocycles. The number of para-hydroxylation sites is 1. The van der Waals surface area contributed by atoms with Crippen molar-refractivity contribution in [2.75, 3.05) is 19.9 Å². The Bertz CT molecular complexity index is 932. The Balaban J connectivity index is 1.57. The standard InChI is InChI=1S/C19H18ClN3O3S/c1-23(11-14-6-3-4-9-16(14)25-2)17(24)12-27-19-22-21-18(26-19)13-7-5-8-15(20)10-13/h3-10H,11-12H2,1-2H3. The van der Waals surface area contributed by atoms with Crippen LogP contribution in [0.5, 0.6) is 5.75 Å². The van der Waals surface area contributed by atoms with Crippen molar-refractivity contribution in [2.45, 2.75) is 11.8 Å². The largest absolute Gasteiger partial charge is 0.496 e. The SMILES string of the molecule is COc1ccccc1CN(C)C(=O)CSc1nnc(-c2cccc(Cl)c2)o1. The van der Waals surface area contributed by atoms with E-state index in [1.165, 1.54) is 11.8 Å². The highest BCUT2D eigenvalue weighted by Gasteiger charge is 2.15. The van der Waals surface area contributed by atoms with Gasteiger partial charge in [-0.1, -0.05) is 47.6 Å². The van der Waals surface area contributed by atoms with Crippen molar-refractivity contribution in [1.29, 1.82) is 0 Å². The van der Waals surface area contributed by atoms with E-state index in [1.54, 1.807) is 31.2 Å². The highest BCUT2D eigenvalue weighted by molar-refractivity contribution is 7.99. The summed E-state index contributed by atoms with van der Waals surface area (Å²) in [7, 11) is 3.37. The highest BCUT2D eigenvalue weighted by Crippen LogP contribution is 2.25. The molecule has 6 nitrogen and oxygen atoms in total. The lowest BCUT2D eigenvalue weighted by Crippen LogP contribution is -2.28. The molecule has 8 heteroatoms. The van der Waals surface area contributed by atoms with Crippen LogP contribution in [0.25, 0.3) is 11.5 Å². The van der Waals surface area contributed by atoms with Crippen LogP contribution >= 0.6 is 23.4 Å². The van der Waals surface area contributed by atoms with E-state index in [-0.39, 0.29) is 11.7 Å². The van der Waals surface area contributed by atoms with Crippen LogP contribution in [0, 0.1) is 0 Å². The van der Waals surface area contributed by atoms with Crippen molar-refractivity contribution < 1.29 is 13.9 Å². The second-order valence-electron chi connectivity index (χ2n) is 5.73. The number of nitrogens with zero attached hydrogens (tertiary/aromatic N) is 3. The van der Waals surface area contributed by atoms with Crippen LogP contribution in [0.4, 0.5) is 0 Å². The summed E-state index contributed by atoms with van der Waals surface area (Å²) in [6.07, 6.45) is 0. The zero-order chi connectivity index (χ0) is 19.2. The molecule has 0 N–H and O–H groups in total. The molecule has 0 aliphatic rings. The highest BCUT2D eigenvalue weighted by atomic mass is 35.5. The molecule has 27 heavy (non-hydrogen) atoms. The smallest absolute Gasteiger partial charge is 0.277 e. The van der Waals surface area contributed by atoms with Gasteiger partial charge < -0.3 is 14.1 Å². The summed E-state index contributed by atoms with van der Waals surface area (Å²) in [4.78, 5) is 14.0. The van der Waals surface area contributed by atoms with E-state index in [0.29, 0.717) is 22.7 Å². The minimum atomic E-state index is -0.0478. The molecule has 0 radical (unpaired) electrons. The summed E-state index contributed by atoms with van der Waals surface area (Å²) >= 11 is 7.17. The number of rotatable bonds is 7. The molecular weight excluding hydrogens is 386 g/mol. The van der Waals surface area contributed by atoms with Gasteiger partial charge in [0.2, 0.25) is 11.8 Å². The number of methoxy groups -OCH3 is 1.